The van der Waals surface area contributed by atoms with Crippen molar-refractivity contribution in [3.05, 3.63) is 35.9 Å². The Morgan fingerprint density at radius 2 is 2.00 bits per heavy atom. The van der Waals surface area contributed by atoms with Crippen LogP contribution < -0.4 is 0 Å². The summed E-state index contributed by atoms with van der Waals surface area (Å²) in [5, 5.41) is 17.0. The molecule has 1 heterocycles. The highest BCUT2D eigenvalue weighted by molar-refractivity contribution is 7.80. The van der Waals surface area contributed by atoms with E-state index in [4.69, 9.17) is 12.2 Å². The number of nitrogens with zero attached hydrogens (tertiary/aromatic N) is 2. The SMILES string of the molecule is CC1=NN(C(=S)c2ccccc2)C(C)(O)C1CC(C)C. The molecule has 108 valence electrons. The summed E-state index contributed by atoms with van der Waals surface area (Å²) >= 11 is 5.51. The van der Waals surface area contributed by atoms with Crippen molar-refractivity contribution in [1.29, 1.82) is 0 Å². The van der Waals surface area contributed by atoms with Gasteiger partial charge < -0.3 is 5.11 Å². The molecule has 0 saturated carbocycles. The van der Waals surface area contributed by atoms with Crippen molar-refractivity contribution in [2.45, 2.75) is 39.8 Å². The van der Waals surface area contributed by atoms with Gasteiger partial charge in [-0.05, 0) is 26.2 Å². The smallest absolute Gasteiger partial charge is 0.164 e. The first-order chi connectivity index (χ1) is 9.34. The molecule has 2 atom stereocenters. The van der Waals surface area contributed by atoms with E-state index in [1.807, 2.05) is 37.3 Å². The van der Waals surface area contributed by atoms with Crippen molar-refractivity contribution in [1.82, 2.24) is 5.01 Å². The number of hydrogen-bond donors (Lipinski definition) is 1. The molecule has 0 bridgehead atoms. The standard InChI is InChI=1S/C16H22N2OS/c1-11(2)10-14-12(3)17-18(16(14,4)19)15(20)13-8-6-5-7-9-13/h5-9,11,14,19H,10H2,1-4H3. The molecule has 1 aromatic rings. The summed E-state index contributed by atoms with van der Waals surface area (Å²) in [6, 6.07) is 9.71. The van der Waals surface area contributed by atoms with Crippen molar-refractivity contribution in [3.8, 4) is 0 Å². The van der Waals surface area contributed by atoms with Gasteiger partial charge in [0.15, 0.2) is 5.72 Å². The molecule has 0 spiro atoms. The summed E-state index contributed by atoms with van der Waals surface area (Å²) in [6.07, 6.45) is 0.899. The molecule has 2 rings (SSSR count). The molecule has 0 fully saturated rings. The van der Waals surface area contributed by atoms with Gasteiger partial charge in [0.1, 0.15) is 4.99 Å². The highest BCUT2D eigenvalue weighted by Crippen LogP contribution is 2.36. The third kappa shape index (κ3) is 2.76. The van der Waals surface area contributed by atoms with E-state index in [9.17, 15) is 5.11 Å². The lowest BCUT2D eigenvalue weighted by Crippen LogP contribution is -2.48. The van der Waals surface area contributed by atoms with E-state index in [0.717, 1.165) is 17.7 Å². The van der Waals surface area contributed by atoms with Crippen LogP contribution in [-0.4, -0.2) is 26.5 Å². The molecule has 3 nitrogen and oxygen atoms in total. The van der Waals surface area contributed by atoms with Crippen molar-refractivity contribution in [3.63, 3.8) is 0 Å². The average molecular weight is 290 g/mol. The van der Waals surface area contributed by atoms with Crippen molar-refractivity contribution < 1.29 is 5.11 Å². The van der Waals surface area contributed by atoms with E-state index >= 15 is 0 Å². The van der Waals surface area contributed by atoms with Crippen LogP contribution in [0.25, 0.3) is 0 Å². The number of aliphatic hydroxyl groups is 1. The van der Waals surface area contributed by atoms with Crippen LogP contribution in [-0.2, 0) is 0 Å². The van der Waals surface area contributed by atoms with E-state index in [0.29, 0.717) is 10.9 Å². The largest absolute Gasteiger partial charge is 0.369 e. The van der Waals surface area contributed by atoms with E-state index in [-0.39, 0.29) is 5.92 Å². The van der Waals surface area contributed by atoms with Gasteiger partial charge in [-0.25, -0.2) is 5.01 Å². The van der Waals surface area contributed by atoms with Crippen LogP contribution in [0.5, 0.6) is 0 Å². The first-order valence-corrected chi connectivity index (χ1v) is 7.42. The monoisotopic (exact) mass is 290 g/mol. The molecular formula is C16H22N2OS. The Morgan fingerprint density at radius 3 is 2.55 bits per heavy atom. The number of benzene rings is 1. The Kier molecular flexibility index (Phi) is 4.25. The number of rotatable bonds is 3. The number of hydrazone groups is 1. The third-order valence-corrected chi connectivity index (χ3v) is 4.18. The Morgan fingerprint density at radius 1 is 1.40 bits per heavy atom. The Labute approximate surface area is 126 Å². The molecule has 1 aliphatic heterocycles. The second-order valence-electron chi connectivity index (χ2n) is 6.00. The first kappa shape index (κ1) is 15.1. The minimum Gasteiger partial charge on any atom is -0.369 e. The minimum absolute atomic E-state index is 0.0177. The van der Waals surface area contributed by atoms with Crippen LogP contribution in [0.15, 0.2) is 35.4 Å². The van der Waals surface area contributed by atoms with Gasteiger partial charge in [0.2, 0.25) is 0 Å². The molecule has 0 amide bonds. The molecule has 1 aliphatic rings. The highest BCUT2D eigenvalue weighted by atomic mass is 32.1. The zero-order valence-electron chi connectivity index (χ0n) is 12.5. The molecule has 0 aromatic heterocycles. The van der Waals surface area contributed by atoms with Crippen LogP contribution in [0.4, 0.5) is 0 Å². The first-order valence-electron chi connectivity index (χ1n) is 7.01. The zero-order chi connectivity index (χ0) is 14.9. The summed E-state index contributed by atoms with van der Waals surface area (Å²) in [5.74, 6) is 0.519. The van der Waals surface area contributed by atoms with Crippen molar-refractivity contribution in [2.75, 3.05) is 0 Å². The lowest BCUT2D eigenvalue weighted by molar-refractivity contribution is -0.0681. The maximum Gasteiger partial charge on any atom is 0.164 e. The van der Waals surface area contributed by atoms with Crippen LogP contribution in [0.2, 0.25) is 0 Å². The molecule has 4 heteroatoms. The maximum absolute atomic E-state index is 10.9. The van der Waals surface area contributed by atoms with Gasteiger partial charge in [0, 0.05) is 17.2 Å². The van der Waals surface area contributed by atoms with E-state index < -0.39 is 5.72 Å². The predicted molar refractivity (Wildman–Crippen MR) is 86.7 cm³/mol. The van der Waals surface area contributed by atoms with Crippen LogP contribution >= 0.6 is 12.2 Å². The fourth-order valence-electron chi connectivity index (χ4n) is 2.69. The third-order valence-electron chi connectivity index (χ3n) is 3.77. The van der Waals surface area contributed by atoms with Gasteiger partial charge in [-0.1, -0.05) is 56.4 Å². The second kappa shape index (κ2) is 5.62. The average Bonchev–Trinajstić information content (AvgIpc) is 2.62. The Bertz CT molecular complexity index is 523. The summed E-state index contributed by atoms with van der Waals surface area (Å²) in [6.45, 7) is 8.08. The number of hydrogen-bond acceptors (Lipinski definition) is 3. The van der Waals surface area contributed by atoms with Crippen molar-refractivity contribution in [2.24, 2.45) is 16.9 Å². The normalized spacial score (nSPS) is 26.0. The summed E-state index contributed by atoms with van der Waals surface area (Å²) in [4.78, 5) is 0.571. The van der Waals surface area contributed by atoms with Gasteiger partial charge in [-0.15, -0.1) is 0 Å². The Balaban J connectivity index is 2.28. The van der Waals surface area contributed by atoms with Crippen LogP contribution in [0.1, 0.15) is 39.7 Å². The van der Waals surface area contributed by atoms with Gasteiger partial charge in [0.05, 0.1) is 0 Å². The van der Waals surface area contributed by atoms with Gasteiger partial charge in [0.25, 0.3) is 0 Å². The molecule has 0 saturated heterocycles. The fourth-order valence-corrected chi connectivity index (χ4v) is 3.05. The predicted octanol–water partition coefficient (Wildman–Crippen LogP) is 3.42. The lowest BCUT2D eigenvalue weighted by Gasteiger charge is -2.34. The molecular weight excluding hydrogens is 268 g/mol. The van der Waals surface area contributed by atoms with Gasteiger partial charge in [-0.3, -0.25) is 0 Å². The highest BCUT2D eigenvalue weighted by Gasteiger charge is 2.46. The summed E-state index contributed by atoms with van der Waals surface area (Å²) < 4.78 is 0. The minimum atomic E-state index is -1.05. The van der Waals surface area contributed by atoms with Crippen LogP contribution in [0, 0.1) is 11.8 Å². The van der Waals surface area contributed by atoms with E-state index in [2.05, 4.69) is 18.9 Å². The van der Waals surface area contributed by atoms with Crippen LogP contribution in [0.3, 0.4) is 0 Å². The summed E-state index contributed by atoms with van der Waals surface area (Å²) in [7, 11) is 0. The van der Waals surface area contributed by atoms with Gasteiger partial charge in [-0.2, -0.15) is 5.10 Å². The fraction of sp³-hybridized carbons (Fsp3) is 0.500. The zero-order valence-corrected chi connectivity index (χ0v) is 13.3. The molecule has 0 radical (unpaired) electrons. The molecule has 1 N–H and O–H groups in total. The maximum atomic E-state index is 10.9. The van der Waals surface area contributed by atoms with Gasteiger partial charge >= 0.3 is 0 Å². The molecule has 2 unspecified atom stereocenters. The lowest BCUT2D eigenvalue weighted by atomic mass is 9.86. The van der Waals surface area contributed by atoms with Crippen molar-refractivity contribution >= 4 is 22.9 Å². The number of thiocarbonyl (C=S) groups is 1. The topological polar surface area (TPSA) is 35.8 Å². The van der Waals surface area contributed by atoms with E-state index in [1.165, 1.54) is 0 Å². The second-order valence-corrected chi connectivity index (χ2v) is 6.39. The van der Waals surface area contributed by atoms with E-state index in [1.54, 1.807) is 11.9 Å². The summed E-state index contributed by atoms with van der Waals surface area (Å²) in [5.41, 5.74) is 0.799. The molecule has 0 aliphatic carbocycles. The molecule has 1 aromatic carbocycles. The Hall–Kier alpha value is -1.26. The quantitative estimate of drug-likeness (QED) is 0.866. The molecule has 20 heavy (non-hydrogen) atoms.